The van der Waals surface area contributed by atoms with Gasteiger partial charge >= 0.3 is 0 Å². The summed E-state index contributed by atoms with van der Waals surface area (Å²) >= 11 is 2.00. The van der Waals surface area contributed by atoms with Crippen LogP contribution in [0.4, 0.5) is 0 Å². The molecule has 2 N–H and O–H groups in total. The Balaban J connectivity index is 1.16. The van der Waals surface area contributed by atoms with Crippen molar-refractivity contribution in [1.29, 1.82) is 0 Å². The fourth-order valence-electron chi connectivity index (χ4n) is 8.58. The Morgan fingerprint density at radius 1 is 0.889 bits per heavy atom. The highest BCUT2D eigenvalue weighted by molar-refractivity contribution is 8.01. The van der Waals surface area contributed by atoms with E-state index in [0.29, 0.717) is 24.0 Å². The molecular weight excluding hydrogens is 470 g/mol. The number of furan rings is 2. The van der Waals surface area contributed by atoms with Crippen molar-refractivity contribution in [3.8, 4) is 0 Å². The highest BCUT2D eigenvalue weighted by atomic mass is 32.2. The van der Waals surface area contributed by atoms with Gasteiger partial charge in [0, 0.05) is 53.1 Å². The molecule has 5 saturated heterocycles. The number of aliphatic hydroxyl groups excluding tert-OH is 1. The zero-order valence-electron chi connectivity index (χ0n) is 21.6. The number of nitrogens with one attached hydrogen (secondary N) is 1. The van der Waals surface area contributed by atoms with Crippen molar-refractivity contribution >= 4 is 11.8 Å². The standard InChI is InChI=1S/C29H41N3O3S/c1-19-3-5-25(21-9-13-34-15-21)31-17-28(11-7-23(19)31)18-36-29(30-28)12-8-24-20(2)4-6-26(32(24)27(29)33)22-10-14-35-16-22/h9-10,13-16,19-20,23-27,30,33H,3-8,11-12,17-18H2,1-2H3/t19-,20-,23+,24+,25?,26?,27-,28+,29-/m1/s1. The van der Waals surface area contributed by atoms with Gasteiger partial charge in [-0.05, 0) is 75.3 Å². The summed E-state index contributed by atoms with van der Waals surface area (Å²) in [4.78, 5) is 4.96. The molecule has 0 aromatic carbocycles. The van der Waals surface area contributed by atoms with E-state index >= 15 is 0 Å². The molecule has 5 fully saturated rings. The normalized spacial score (nSPS) is 45.7. The predicted molar refractivity (Wildman–Crippen MR) is 141 cm³/mol. The Hall–Kier alpha value is -1.25. The number of aliphatic hydroxyl groups is 1. The Bertz CT molecular complexity index is 1050. The van der Waals surface area contributed by atoms with Crippen molar-refractivity contribution in [2.75, 3.05) is 12.3 Å². The first kappa shape index (κ1) is 23.8. The average Bonchev–Trinajstić information content (AvgIpc) is 3.65. The van der Waals surface area contributed by atoms with Crippen LogP contribution < -0.4 is 5.32 Å². The Morgan fingerprint density at radius 3 is 2.28 bits per heavy atom. The van der Waals surface area contributed by atoms with Gasteiger partial charge in [-0.1, -0.05) is 13.8 Å². The lowest BCUT2D eigenvalue weighted by Gasteiger charge is -2.57. The topological polar surface area (TPSA) is 65.0 Å². The van der Waals surface area contributed by atoms with Crippen molar-refractivity contribution in [3.05, 3.63) is 48.3 Å². The number of thioether (sulfide) groups is 1. The molecule has 0 amide bonds. The van der Waals surface area contributed by atoms with Crippen LogP contribution in [0.5, 0.6) is 0 Å². The minimum atomic E-state index is -0.494. The zero-order chi connectivity index (χ0) is 24.5. The molecule has 0 aliphatic carbocycles. The lowest BCUT2D eigenvalue weighted by atomic mass is 9.74. The van der Waals surface area contributed by atoms with Crippen molar-refractivity contribution in [1.82, 2.24) is 15.1 Å². The largest absolute Gasteiger partial charge is 0.472 e. The molecule has 36 heavy (non-hydrogen) atoms. The van der Waals surface area contributed by atoms with Crippen molar-refractivity contribution in [2.45, 2.75) is 106 Å². The molecule has 0 saturated carbocycles. The Kier molecular flexibility index (Phi) is 5.90. The number of hydrogen-bond donors (Lipinski definition) is 2. The van der Waals surface area contributed by atoms with E-state index in [1.54, 1.807) is 6.26 Å². The predicted octanol–water partition coefficient (Wildman–Crippen LogP) is 5.53. The molecule has 7 heteroatoms. The number of hydrogen-bond acceptors (Lipinski definition) is 7. The second-order valence-corrected chi connectivity index (χ2v) is 13.8. The minimum absolute atomic E-state index is 0.0561. The molecule has 9 atom stereocenters. The van der Waals surface area contributed by atoms with Gasteiger partial charge in [0.1, 0.15) is 11.1 Å². The molecule has 5 aliphatic heterocycles. The van der Waals surface area contributed by atoms with Crippen LogP contribution in [0.1, 0.15) is 88.4 Å². The SMILES string of the molecule is C[C@@H]1CCC(c2ccoc2)N2C[C@@]3(CC[C@@H]12)CS[C@@]1(CC[C@H]2[C@H](C)CCC(c4ccoc4)N2[C@@H]1O)N3. The van der Waals surface area contributed by atoms with Crippen LogP contribution in [0.2, 0.25) is 0 Å². The molecule has 2 spiro atoms. The van der Waals surface area contributed by atoms with Crippen LogP contribution in [-0.4, -0.2) is 55.9 Å². The van der Waals surface area contributed by atoms with Gasteiger partial charge in [-0.15, -0.1) is 11.8 Å². The average molecular weight is 512 g/mol. The first-order valence-electron chi connectivity index (χ1n) is 14.2. The van der Waals surface area contributed by atoms with Gasteiger partial charge in [0.15, 0.2) is 0 Å². The van der Waals surface area contributed by atoms with E-state index in [2.05, 4.69) is 41.1 Å². The summed E-state index contributed by atoms with van der Waals surface area (Å²) < 4.78 is 11.0. The molecule has 6 nitrogen and oxygen atoms in total. The van der Waals surface area contributed by atoms with Crippen LogP contribution in [0.15, 0.2) is 46.0 Å². The zero-order valence-corrected chi connectivity index (χ0v) is 22.5. The summed E-state index contributed by atoms with van der Waals surface area (Å²) in [6, 6.07) is 6.01. The monoisotopic (exact) mass is 511 g/mol. The van der Waals surface area contributed by atoms with Crippen molar-refractivity contribution in [3.63, 3.8) is 0 Å². The summed E-state index contributed by atoms with van der Waals surface area (Å²) in [6.45, 7) is 5.88. The fraction of sp³-hybridized carbons (Fsp3) is 0.724. The smallest absolute Gasteiger partial charge is 0.136 e. The summed E-state index contributed by atoms with van der Waals surface area (Å²) in [5.41, 5.74) is 2.60. The first-order chi connectivity index (χ1) is 17.5. The van der Waals surface area contributed by atoms with Crippen LogP contribution in [-0.2, 0) is 0 Å². The third-order valence-electron chi connectivity index (χ3n) is 10.5. The van der Waals surface area contributed by atoms with Crippen molar-refractivity contribution in [2.24, 2.45) is 11.8 Å². The van der Waals surface area contributed by atoms with Crippen LogP contribution in [0, 0.1) is 11.8 Å². The maximum absolute atomic E-state index is 12.1. The highest BCUT2D eigenvalue weighted by Gasteiger charge is 2.60. The minimum Gasteiger partial charge on any atom is -0.472 e. The van der Waals surface area contributed by atoms with Gasteiger partial charge in [0.2, 0.25) is 0 Å². The second kappa shape index (κ2) is 8.91. The van der Waals surface area contributed by atoms with Crippen LogP contribution >= 0.6 is 11.8 Å². The number of rotatable bonds is 2. The van der Waals surface area contributed by atoms with Gasteiger partial charge in [-0.2, -0.15) is 0 Å². The number of fused-ring (bicyclic) bond motifs is 2. The maximum Gasteiger partial charge on any atom is 0.136 e. The molecule has 5 aliphatic rings. The Labute approximate surface area is 219 Å². The first-order valence-corrected chi connectivity index (χ1v) is 15.2. The van der Waals surface area contributed by atoms with Crippen molar-refractivity contribution < 1.29 is 13.9 Å². The third-order valence-corrected chi connectivity index (χ3v) is 12.3. The lowest BCUT2D eigenvalue weighted by Crippen LogP contribution is -2.70. The van der Waals surface area contributed by atoms with E-state index < -0.39 is 6.23 Å². The van der Waals surface area contributed by atoms with Crippen LogP contribution in [0.3, 0.4) is 0 Å². The molecule has 7 rings (SSSR count). The highest BCUT2D eigenvalue weighted by Crippen LogP contribution is 2.54. The van der Waals surface area contributed by atoms with E-state index in [4.69, 9.17) is 8.83 Å². The van der Waals surface area contributed by atoms with E-state index in [9.17, 15) is 5.11 Å². The summed E-state index contributed by atoms with van der Waals surface area (Å²) in [7, 11) is 0. The molecule has 196 valence electrons. The summed E-state index contributed by atoms with van der Waals surface area (Å²) in [5.74, 6) is 2.42. The molecule has 7 heterocycles. The number of piperidine rings is 4. The van der Waals surface area contributed by atoms with E-state index in [1.165, 1.54) is 43.2 Å². The number of nitrogens with zero attached hydrogens (tertiary/aromatic N) is 2. The Morgan fingerprint density at radius 2 is 1.56 bits per heavy atom. The molecule has 0 bridgehead atoms. The second-order valence-electron chi connectivity index (χ2n) is 12.5. The molecule has 0 radical (unpaired) electrons. The molecule has 2 aromatic rings. The van der Waals surface area contributed by atoms with E-state index in [1.807, 2.05) is 30.6 Å². The molecule has 2 aromatic heterocycles. The van der Waals surface area contributed by atoms with Gasteiger partial charge < -0.3 is 13.9 Å². The molecular formula is C29H41N3O3S. The van der Waals surface area contributed by atoms with Gasteiger partial charge in [-0.25, -0.2) is 0 Å². The summed E-state index contributed by atoms with van der Waals surface area (Å²) in [6.07, 6.45) is 16.3. The van der Waals surface area contributed by atoms with E-state index in [0.717, 1.165) is 37.5 Å². The van der Waals surface area contributed by atoms with E-state index in [-0.39, 0.29) is 16.5 Å². The molecule has 2 unspecified atom stereocenters. The third kappa shape index (κ3) is 3.68. The van der Waals surface area contributed by atoms with Gasteiger partial charge in [0.05, 0.1) is 25.1 Å². The maximum atomic E-state index is 12.1. The lowest BCUT2D eigenvalue weighted by molar-refractivity contribution is -0.146. The van der Waals surface area contributed by atoms with Gasteiger partial charge in [0.25, 0.3) is 0 Å². The fourth-order valence-corrected chi connectivity index (χ4v) is 10.2. The van der Waals surface area contributed by atoms with Crippen LogP contribution in [0.25, 0.3) is 0 Å². The van der Waals surface area contributed by atoms with Gasteiger partial charge in [-0.3, -0.25) is 15.1 Å². The quantitative estimate of drug-likeness (QED) is 0.549. The summed E-state index contributed by atoms with van der Waals surface area (Å²) in [5, 5.41) is 16.3.